The Hall–Kier alpha value is -2.05. The number of aliphatic hydroxyl groups is 2. The standard InChI is InChI=1S/C14H16O6/c1-9-6-14(17)20-11-8-13(19-5-3-16)12(7-10(9)11)18-4-2-15/h6-8,15-16H,2-5H2,1H3. The van der Waals surface area contributed by atoms with Gasteiger partial charge in [0.05, 0.1) is 13.2 Å². The van der Waals surface area contributed by atoms with Gasteiger partial charge >= 0.3 is 5.63 Å². The van der Waals surface area contributed by atoms with Crippen molar-refractivity contribution < 1.29 is 24.1 Å². The van der Waals surface area contributed by atoms with Crippen LogP contribution in [0.5, 0.6) is 11.5 Å². The smallest absolute Gasteiger partial charge is 0.336 e. The summed E-state index contributed by atoms with van der Waals surface area (Å²) in [4.78, 5) is 11.4. The normalized spacial score (nSPS) is 10.8. The molecule has 1 aromatic heterocycles. The molecule has 0 fully saturated rings. The molecule has 1 aromatic carbocycles. The third-order valence-electron chi connectivity index (χ3n) is 2.71. The average Bonchev–Trinajstić information content (AvgIpc) is 2.42. The summed E-state index contributed by atoms with van der Waals surface area (Å²) >= 11 is 0. The monoisotopic (exact) mass is 280 g/mol. The van der Waals surface area contributed by atoms with E-state index >= 15 is 0 Å². The highest BCUT2D eigenvalue weighted by Crippen LogP contribution is 2.33. The molecule has 0 spiro atoms. The van der Waals surface area contributed by atoms with Gasteiger partial charge < -0.3 is 24.1 Å². The highest BCUT2D eigenvalue weighted by atomic mass is 16.5. The highest BCUT2D eigenvalue weighted by Gasteiger charge is 2.11. The molecule has 0 unspecified atom stereocenters. The molecule has 20 heavy (non-hydrogen) atoms. The highest BCUT2D eigenvalue weighted by molar-refractivity contribution is 5.83. The molecule has 0 amide bonds. The number of hydrogen-bond acceptors (Lipinski definition) is 6. The van der Waals surface area contributed by atoms with Crippen molar-refractivity contribution in [3.05, 3.63) is 34.2 Å². The molecule has 0 atom stereocenters. The number of rotatable bonds is 6. The molecule has 0 saturated heterocycles. The van der Waals surface area contributed by atoms with Gasteiger partial charge in [0.1, 0.15) is 18.8 Å². The number of hydrogen-bond donors (Lipinski definition) is 2. The summed E-state index contributed by atoms with van der Waals surface area (Å²) in [5.74, 6) is 0.783. The van der Waals surface area contributed by atoms with Gasteiger partial charge in [-0.1, -0.05) is 0 Å². The minimum Gasteiger partial charge on any atom is -0.487 e. The zero-order chi connectivity index (χ0) is 14.5. The Labute approximate surface area is 115 Å². The van der Waals surface area contributed by atoms with Gasteiger partial charge in [0.2, 0.25) is 0 Å². The molecule has 108 valence electrons. The van der Waals surface area contributed by atoms with Crippen molar-refractivity contribution in [2.24, 2.45) is 0 Å². The number of benzene rings is 1. The van der Waals surface area contributed by atoms with Gasteiger partial charge in [0.25, 0.3) is 0 Å². The van der Waals surface area contributed by atoms with Crippen LogP contribution in [0.4, 0.5) is 0 Å². The lowest BCUT2D eigenvalue weighted by Gasteiger charge is -2.13. The Kier molecular flexibility index (Phi) is 4.60. The van der Waals surface area contributed by atoms with Gasteiger partial charge in [-0.3, -0.25) is 0 Å². The minimum absolute atomic E-state index is 0.0943. The van der Waals surface area contributed by atoms with Crippen molar-refractivity contribution in [1.29, 1.82) is 0 Å². The summed E-state index contributed by atoms with van der Waals surface area (Å²) in [7, 11) is 0. The van der Waals surface area contributed by atoms with E-state index in [0.717, 1.165) is 10.9 Å². The van der Waals surface area contributed by atoms with Crippen LogP contribution in [0.3, 0.4) is 0 Å². The zero-order valence-electron chi connectivity index (χ0n) is 11.1. The molecule has 0 bridgehead atoms. The first-order valence-electron chi connectivity index (χ1n) is 6.21. The topological polar surface area (TPSA) is 89.1 Å². The molecule has 2 aromatic rings. The SMILES string of the molecule is Cc1cc(=O)oc2cc(OCCO)c(OCCO)cc12. The molecule has 6 nitrogen and oxygen atoms in total. The van der Waals surface area contributed by atoms with Crippen molar-refractivity contribution in [1.82, 2.24) is 0 Å². The van der Waals surface area contributed by atoms with E-state index in [4.69, 9.17) is 24.1 Å². The zero-order valence-corrected chi connectivity index (χ0v) is 11.1. The van der Waals surface area contributed by atoms with E-state index in [2.05, 4.69) is 0 Å². The van der Waals surface area contributed by atoms with E-state index in [9.17, 15) is 4.79 Å². The molecule has 2 N–H and O–H groups in total. The Morgan fingerprint density at radius 2 is 1.65 bits per heavy atom. The molecular formula is C14H16O6. The van der Waals surface area contributed by atoms with E-state index in [-0.39, 0.29) is 26.4 Å². The van der Waals surface area contributed by atoms with Gasteiger partial charge in [-0.05, 0) is 18.6 Å². The maximum Gasteiger partial charge on any atom is 0.336 e. The van der Waals surface area contributed by atoms with Crippen LogP contribution < -0.4 is 15.1 Å². The fourth-order valence-corrected chi connectivity index (χ4v) is 1.86. The van der Waals surface area contributed by atoms with Crippen LogP contribution in [-0.2, 0) is 0 Å². The Bertz CT molecular complexity index is 646. The van der Waals surface area contributed by atoms with Gasteiger partial charge in [-0.25, -0.2) is 4.79 Å². The molecule has 0 saturated carbocycles. The van der Waals surface area contributed by atoms with E-state index in [1.807, 2.05) is 0 Å². The second-order valence-corrected chi connectivity index (χ2v) is 4.19. The van der Waals surface area contributed by atoms with Gasteiger partial charge in [0, 0.05) is 17.5 Å². The molecule has 0 radical (unpaired) electrons. The predicted molar refractivity (Wildman–Crippen MR) is 72.4 cm³/mol. The molecule has 0 aliphatic rings. The van der Waals surface area contributed by atoms with Crippen LogP contribution in [-0.4, -0.2) is 36.6 Å². The van der Waals surface area contributed by atoms with Gasteiger partial charge in [-0.2, -0.15) is 0 Å². The lowest BCUT2D eigenvalue weighted by Crippen LogP contribution is -2.07. The maximum absolute atomic E-state index is 11.4. The Balaban J connectivity index is 2.52. The van der Waals surface area contributed by atoms with E-state index in [1.54, 1.807) is 19.1 Å². The van der Waals surface area contributed by atoms with E-state index in [0.29, 0.717) is 17.1 Å². The third-order valence-corrected chi connectivity index (χ3v) is 2.71. The summed E-state index contributed by atoms with van der Waals surface area (Å²) in [5.41, 5.74) is 0.713. The van der Waals surface area contributed by atoms with Crippen LogP contribution >= 0.6 is 0 Å². The summed E-state index contributed by atoms with van der Waals surface area (Å²) < 4.78 is 15.9. The molecule has 0 aliphatic carbocycles. The first-order valence-corrected chi connectivity index (χ1v) is 6.21. The first-order chi connectivity index (χ1) is 9.65. The van der Waals surface area contributed by atoms with E-state index in [1.165, 1.54) is 6.07 Å². The van der Waals surface area contributed by atoms with Crippen molar-refractivity contribution in [2.75, 3.05) is 26.4 Å². The van der Waals surface area contributed by atoms with Crippen LogP contribution in [0.15, 0.2) is 27.4 Å². The second-order valence-electron chi connectivity index (χ2n) is 4.19. The van der Waals surface area contributed by atoms with Gasteiger partial charge in [0.15, 0.2) is 11.5 Å². The summed E-state index contributed by atoms with van der Waals surface area (Å²) in [6.45, 7) is 1.74. The fraction of sp³-hybridized carbons (Fsp3) is 0.357. The summed E-state index contributed by atoms with van der Waals surface area (Å²) in [6.07, 6.45) is 0. The van der Waals surface area contributed by atoms with Crippen molar-refractivity contribution in [2.45, 2.75) is 6.92 Å². The average molecular weight is 280 g/mol. The Morgan fingerprint density at radius 3 is 2.25 bits per heavy atom. The van der Waals surface area contributed by atoms with Gasteiger partial charge in [-0.15, -0.1) is 0 Å². The first kappa shape index (κ1) is 14.4. The molecule has 6 heteroatoms. The molecule has 2 rings (SSSR count). The predicted octanol–water partition coefficient (Wildman–Crippen LogP) is 0.844. The Morgan fingerprint density at radius 1 is 1.05 bits per heavy atom. The maximum atomic E-state index is 11.4. The van der Waals surface area contributed by atoms with Crippen molar-refractivity contribution in [3.63, 3.8) is 0 Å². The quantitative estimate of drug-likeness (QED) is 0.762. The molecule has 0 aliphatic heterocycles. The number of aryl methyl sites for hydroxylation is 1. The molecule has 1 heterocycles. The number of aliphatic hydroxyl groups excluding tert-OH is 2. The lowest BCUT2D eigenvalue weighted by molar-refractivity contribution is 0.178. The van der Waals surface area contributed by atoms with Crippen LogP contribution in [0.25, 0.3) is 11.0 Å². The summed E-state index contributed by atoms with van der Waals surface area (Å²) in [6, 6.07) is 4.63. The van der Waals surface area contributed by atoms with E-state index < -0.39 is 5.63 Å². The van der Waals surface area contributed by atoms with Crippen molar-refractivity contribution in [3.8, 4) is 11.5 Å². The second kappa shape index (κ2) is 6.40. The van der Waals surface area contributed by atoms with Crippen LogP contribution in [0.2, 0.25) is 0 Å². The fourth-order valence-electron chi connectivity index (χ4n) is 1.86. The van der Waals surface area contributed by atoms with Crippen LogP contribution in [0.1, 0.15) is 5.56 Å². The summed E-state index contributed by atoms with van der Waals surface area (Å²) in [5, 5.41) is 18.4. The minimum atomic E-state index is -0.438. The number of fused-ring (bicyclic) bond motifs is 1. The molecular weight excluding hydrogens is 264 g/mol. The third kappa shape index (κ3) is 3.09. The van der Waals surface area contributed by atoms with Crippen molar-refractivity contribution >= 4 is 11.0 Å². The lowest BCUT2D eigenvalue weighted by atomic mass is 10.1. The van der Waals surface area contributed by atoms with Crippen LogP contribution in [0, 0.1) is 6.92 Å². The largest absolute Gasteiger partial charge is 0.487 e. The number of ether oxygens (including phenoxy) is 2.